The molecule has 0 fully saturated rings. The van der Waals surface area contributed by atoms with Gasteiger partial charge in [0.15, 0.2) is 0 Å². The van der Waals surface area contributed by atoms with E-state index in [9.17, 15) is 9.90 Å². The van der Waals surface area contributed by atoms with Crippen LogP contribution >= 0.6 is 0 Å². The van der Waals surface area contributed by atoms with Crippen LogP contribution in [0.5, 0.6) is 5.75 Å². The van der Waals surface area contributed by atoms with E-state index in [4.69, 9.17) is 4.74 Å². The molecule has 0 spiro atoms. The number of aliphatic hydroxyl groups is 1. The molecule has 1 aromatic rings. The zero-order valence-corrected chi connectivity index (χ0v) is 11.9. The number of amides is 1. The average Bonchev–Trinajstić information content (AvgIpc) is 2.27. The summed E-state index contributed by atoms with van der Waals surface area (Å²) < 4.78 is 5.04. The second-order valence-electron chi connectivity index (χ2n) is 5.26. The molecule has 1 aromatic carbocycles. The number of hydrogen-bond donors (Lipinski definition) is 2. The summed E-state index contributed by atoms with van der Waals surface area (Å²) >= 11 is 0. The van der Waals surface area contributed by atoms with Crippen LogP contribution in [0.3, 0.4) is 0 Å². The van der Waals surface area contributed by atoms with Crippen molar-refractivity contribution < 1.29 is 14.6 Å². The quantitative estimate of drug-likeness (QED) is 0.815. The van der Waals surface area contributed by atoms with Gasteiger partial charge in [-0.1, -0.05) is 0 Å². The molecule has 0 saturated heterocycles. The van der Waals surface area contributed by atoms with E-state index in [2.05, 4.69) is 5.32 Å². The minimum Gasteiger partial charge on any atom is -0.497 e. The number of benzene rings is 1. The molecule has 0 saturated carbocycles. The number of anilines is 1. The highest BCUT2D eigenvalue weighted by molar-refractivity contribution is 5.92. The summed E-state index contributed by atoms with van der Waals surface area (Å²) in [5, 5.41) is 12.5. The molecule has 5 heteroatoms. The number of likely N-dealkylation sites (N-methyl/N-ethyl adjacent to an activating group) is 1. The van der Waals surface area contributed by atoms with Crippen molar-refractivity contribution in [3.05, 3.63) is 24.3 Å². The van der Waals surface area contributed by atoms with Crippen LogP contribution in [0, 0.1) is 0 Å². The zero-order valence-electron chi connectivity index (χ0n) is 11.9. The first kappa shape index (κ1) is 15.5. The molecule has 0 bridgehead atoms. The predicted molar refractivity (Wildman–Crippen MR) is 75.4 cm³/mol. The third-order valence-corrected chi connectivity index (χ3v) is 2.44. The molecule has 2 N–H and O–H groups in total. The summed E-state index contributed by atoms with van der Waals surface area (Å²) in [4.78, 5) is 13.6. The van der Waals surface area contributed by atoms with Gasteiger partial charge in [0, 0.05) is 12.2 Å². The smallest absolute Gasteiger partial charge is 0.238 e. The molecule has 5 nitrogen and oxygen atoms in total. The Balaban J connectivity index is 2.46. The number of nitrogens with one attached hydrogen (secondary N) is 1. The minimum atomic E-state index is -0.810. The Morgan fingerprint density at radius 2 is 1.95 bits per heavy atom. The van der Waals surface area contributed by atoms with E-state index in [0.717, 1.165) is 11.4 Å². The summed E-state index contributed by atoms with van der Waals surface area (Å²) in [5.74, 6) is 0.633. The van der Waals surface area contributed by atoms with Gasteiger partial charge in [-0.3, -0.25) is 9.69 Å². The van der Waals surface area contributed by atoms with Gasteiger partial charge in [0.1, 0.15) is 5.75 Å². The van der Waals surface area contributed by atoms with Gasteiger partial charge in [-0.25, -0.2) is 0 Å². The van der Waals surface area contributed by atoms with Crippen molar-refractivity contribution in [1.82, 2.24) is 4.90 Å². The molecule has 0 heterocycles. The summed E-state index contributed by atoms with van der Waals surface area (Å²) in [6, 6.07) is 7.14. The lowest BCUT2D eigenvalue weighted by Crippen LogP contribution is -2.40. The highest BCUT2D eigenvalue weighted by Gasteiger charge is 2.17. The van der Waals surface area contributed by atoms with Crippen LogP contribution < -0.4 is 10.1 Å². The molecule has 1 rings (SSSR count). The molecule has 0 atom stereocenters. The minimum absolute atomic E-state index is 0.114. The van der Waals surface area contributed by atoms with Crippen molar-refractivity contribution in [2.75, 3.05) is 32.6 Å². The van der Waals surface area contributed by atoms with Crippen molar-refractivity contribution in [3.8, 4) is 5.75 Å². The monoisotopic (exact) mass is 266 g/mol. The maximum absolute atomic E-state index is 11.8. The van der Waals surface area contributed by atoms with Gasteiger partial charge in [-0.05, 0) is 45.2 Å². The second kappa shape index (κ2) is 6.54. The molecule has 1 amide bonds. The Kier molecular flexibility index (Phi) is 5.32. The first-order valence-electron chi connectivity index (χ1n) is 6.15. The molecule has 0 aliphatic carbocycles. The first-order valence-corrected chi connectivity index (χ1v) is 6.15. The Hall–Kier alpha value is -1.59. The molecule has 0 unspecified atom stereocenters. The van der Waals surface area contributed by atoms with Crippen LogP contribution in [0.25, 0.3) is 0 Å². The van der Waals surface area contributed by atoms with E-state index in [1.807, 2.05) is 0 Å². The van der Waals surface area contributed by atoms with Crippen LogP contribution in [0.4, 0.5) is 5.69 Å². The van der Waals surface area contributed by atoms with Crippen LogP contribution in [0.2, 0.25) is 0 Å². The number of carbonyl (C=O) groups is 1. The van der Waals surface area contributed by atoms with Crippen LogP contribution in [-0.4, -0.2) is 48.8 Å². The largest absolute Gasteiger partial charge is 0.497 e. The fourth-order valence-electron chi connectivity index (χ4n) is 1.84. The predicted octanol–water partition coefficient (Wildman–Crippen LogP) is 1.34. The van der Waals surface area contributed by atoms with Gasteiger partial charge in [0.25, 0.3) is 0 Å². The second-order valence-corrected chi connectivity index (χ2v) is 5.26. The molecule has 106 valence electrons. The topological polar surface area (TPSA) is 61.8 Å². The molecule has 0 radical (unpaired) electrons. The van der Waals surface area contributed by atoms with Crippen molar-refractivity contribution in [2.45, 2.75) is 19.4 Å². The van der Waals surface area contributed by atoms with E-state index in [1.54, 1.807) is 57.2 Å². The van der Waals surface area contributed by atoms with E-state index < -0.39 is 5.60 Å². The van der Waals surface area contributed by atoms with Gasteiger partial charge >= 0.3 is 0 Å². The van der Waals surface area contributed by atoms with Crippen molar-refractivity contribution in [1.29, 1.82) is 0 Å². The summed E-state index contributed by atoms with van der Waals surface area (Å²) in [6.07, 6.45) is 0. The number of hydrogen-bond acceptors (Lipinski definition) is 4. The molecule has 0 aliphatic heterocycles. The fourth-order valence-corrected chi connectivity index (χ4v) is 1.84. The van der Waals surface area contributed by atoms with Crippen molar-refractivity contribution in [2.24, 2.45) is 0 Å². The third-order valence-electron chi connectivity index (χ3n) is 2.44. The fraction of sp³-hybridized carbons (Fsp3) is 0.500. The van der Waals surface area contributed by atoms with Crippen molar-refractivity contribution >= 4 is 11.6 Å². The molecular weight excluding hydrogens is 244 g/mol. The van der Waals surface area contributed by atoms with E-state index in [-0.39, 0.29) is 12.5 Å². The lowest BCUT2D eigenvalue weighted by molar-refractivity contribution is -0.117. The van der Waals surface area contributed by atoms with Gasteiger partial charge < -0.3 is 15.2 Å². The number of nitrogens with zero attached hydrogens (tertiary/aromatic N) is 1. The lowest BCUT2D eigenvalue weighted by Gasteiger charge is -2.24. The Morgan fingerprint density at radius 3 is 2.42 bits per heavy atom. The maximum Gasteiger partial charge on any atom is 0.238 e. The number of rotatable bonds is 6. The average molecular weight is 266 g/mol. The summed E-state index contributed by atoms with van der Waals surface area (Å²) in [6.45, 7) is 4.09. The van der Waals surface area contributed by atoms with Gasteiger partial charge in [0.05, 0.1) is 19.3 Å². The van der Waals surface area contributed by atoms with Crippen molar-refractivity contribution in [3.63, 3.8) is 0 Å². The van der Waals surface area contributed by atoms with Crippen LogP contribution in [-0.2, 0) is 4.79 Å². The Morgan fingerprint density at radius 1 is 1.37 bits per heavy atom. The first-order chi connectivity index (χ1) is 8.80. The molecular formula is C14H22N2O3. The molecule has 0 aromatic heterocycles. The summed E-state index contributed by atoms with van der Waals surface area (Å²) in [7, 11) is 3.39. The van der Waals surface area contributed by atoms with Crippen LogP contribution in [0.1, 0.15) is 13.8 Å². The Bertz CT molecular complexity index is 410. The van der Waals surface area contributed by atoms with Gasteiger partial charge in [-0.2, -0.15) is 0 Å². The van der Waals surface area contributed by atoms with Gasteiger partial charge in [-0.15, -0.1) is 0 Å². The third kappa shape index (κ3) is 6.22. The van der Waals surface area contributed by atoms with E-state index in [1.165, 1.54) is 0 Å². The number of methoxy groups -OCH3 is 1. The standard InChI is InChI=1S/C14H22N2O3/c1-14(2,18)10-16(3)9-13(17)15-11-5-7-12(19-4)8-6-11/h5-8,18H,9-10H2,1-4H3,(H,15,17). The summed E-state index contributed by atoms with van der Waals surface area (Å²) in [5.41, 5.74) is -0.0859. The zero-order chi connectivity index (χ0) is 14.5. The molecule has 0 aliphatic rings. The van der Waals surface area contributed by atoms with E-state index in [0.29, 0.717) is 6.54 Å². The molecule has 19 heavy (non-hydrogen) atoms. The highest BCUT2D eigenvalue weighted by Crippen LogP contribution is 2.14. The lowest BCUT2D eigenvalue weighted by atomic mass is 10.1. The normalized spacial score (nSPS) is 11.5. The van der Waals surface area contributed by atoms with E-state index >= 15 is 0 Å². The number of ether oxygens (including phenoxy) is 1. The SMILES string of the molecule is COc1ccc(NC(=O)CN(C)CC(C)(C)O)cc1. The van der Waals surface area contributed by atoms with Crippen LogP contribution in [0.15, 0.2) is 24.3 Å². The highest BCUT2D eigenvalue weighted by atomic mass is 16.5. The van der Waals surface area contributed by atoms with Gasteiger partial charge in [0.2, 0.25) is 5.91 Å². The Labute approximate surface area is 114 Å². The maximum atomic E-state index is 11.8. The number of carbonyl (C=O) groups excluding carboxylic acids is 1.